The first-order valence-corrected chi connectivity index (χ1v) is 6.68. The number of aliphatic hydroxyl groups excluding tert-OH is 1. The average molecular weight is 255 g/mol. The molecular formula is C13H21NO4. The van der Waals surface area contributed by atoms with Crippen molar-refractivity contribution in [2.45, 2.75) is 38.7 Å². The fourth-order valence-electron chi connectivity index (χ4n) is 3.23. The van der Waals surface area contributed by atoms with Gasteiger partial charge in [-0.2, -0.15) is 0 Å². The van der Waals surface area contributed by atoms with E-state index in [1.807, 2.05) is 6.92 Å². The minimum Gasteiger partial charge on any atom is -0.481 e. The predicted molar refractivity (Wildman–Crippen MR) is 64.8 cm³/mol. The van der Waals surface area contributed by atoms with Crippen molar-refractivity contribution in [3.05, 3.63) is 0 Å². The van der Waals surface area contributed by atoms with Gasteiger partial charge in [-0.3, -0.25) is 9.59 Å². The SMILES string of the molecule is CC1CC(C(=O)O)C(C(=O)N2CCC[C@H](O)C2)C1. The number of piperidine rings is 1. The fraction of sp³-hybridized carbons (Fsp3) is 0.846. The maximum absolute atomic E-state index is 12.4. The summed E-state index contributed by atoms with van der Waals surface area (Å²) >= 11 is 0. The summed E-state index contributed by atoms with van der Waals surface area (Å²) in [5, 5.41) is 18.8. The summed E-state index contributed by atoms with van der Waals surface area (Å²) in [6.45, 7) is 3.00. The van der Waals surface area contributed by atoms with E-state index in [9.17, 15) is 19.8 Å². The topological polar surface area (TPSA) is 77.8 Å². The molecule has 1 heterocycles. The van der Waals surface area contributed by atoms with Crippen LogP contribution in [0.25, 0.3) is 0 Å². The van der Waals surface area contributed by atoms with Crippen LogP contribution in [0.2, 0.25) is 0 Å². The van der Waals surface area contributed by atoms with E-state index in [2.05, 4.69) is 0 Å². The number of carbonyl (C=O) groups excluding carboxylic acids is 1. The monoisotopic (exact) mass is 255 g/mol. The Bertz CT molecular complexity index is 344. The Balaban J connectivity index is 2.05. The summed E-state index contributed by atoms with van der Waals surface area (Å²) in [6.07, 6.45) is 2.31. The molecule has 2 rings (SSSR count). The highest BCUT2D eigenvalue weighted by Gasteiger charge is 2.43. The maximum atomic E-state index is 12.4. The van der Waals surface area contributed by atoms with Crippen molar-refractivity contribution >= 4 is 11.9 Å². The van der Waals surface area contributed by atoms with Crippen LogP contribution in [0, 0.1) is 17.8 Å². The van der Waals surface area contributed by atoms with Gasteiger partial charge in [-0.15, -0.1) is 0 Å². The van der Waals surface area contributed by atoms with E-state index < -0.39 is 23.9 Å². The Morgan fingerprint density at radius 2 is 1.89 bits per heavy atom. The highest BCUT2D eigenvalue weighted by Crippen LogP contribution is 2.37. The van der Waals surface area contributed by atoms with E-state index in [0.717, 1.165) is 12.8 Å². The number of aliphatic hydroxyl groups is 1. The zero-order valence-corrected chi connectivity index (χ0v) is 10.7. The molecule has 4 atom stereocenters. The molecule has 5 heteroatoms. The number of carboxylic acids is 1. The van der Waals surface area contributed by atoms with E-state index in [1.165, 1.54) is 0 Å². The summed E-state index contributed by atoms with van der Waals surface area (Å²) in [4.78, 5) is 25.2. The van der Waals surface area contributed by atoms with E-state index in [0.29, 0.717) is 25.9 Å². The van der Waals surface area contributed by atoms with Gasteiger partial charge in [0.1, 0.15) is 0 Å². The average Bonchev–Trinajstić information content (AvgIpc) is 2.70. The van der Waals surface area contributed by atoms with Gasteiger partial charge in [0.15, 0.2) is 0 Å². The standard InChI is InChI=1S/C13H21NO4/c1-8-5-10(11(6-8)13(17)18)12(16)14-4-2-3-9(15)7-14/h8-11,15H,2-7H2,1H3,(H,17,18)/t8?,9-,10?,11?/m0/s1. The van der Waals surface area contributed by atoms with Crippen molar-refractivity contribution in [3.63, 3.8) is 0 Å². The highest BCUT2D eigenvalue weighted by molar-refractivity contribution is 5.85. The Labute approximate surface area is 107 Å². The molecule has 0 radical (unpaired) electrons. The lowest BCUT2D eigenvalue weighted by molar-refractivity contribution is -0.150. The molecule has 2 fully saturated rings. The van der Waals surface area contributed by atoms with Crippen molar-refractivity contribution in [1.29, 1.82) is 0 Å². The van der Waals surface area contributed by atoms with Crippen LogP contribution >= 0.6 is 0 Å². The molecule has 0 bridgehead atoms. The first-order chi connectivity index (χ1) is 8.49. The van der Waals surface area contributed by atoms with Crippen molar-refractivity contribution < 1.29 is 19.8 Å². The molecule has 3 unspecified atom stereocenters. The van der Waals surface area contributed by atoms with Gasteiger partial charge in [0.2, 0.25) is 5.91 Å². The first kappa shape index (κ1) is 13.3. The first-order valence-electron chi connectivity index (χ1n) is 6.68. The molecule has 0 aromatic rings. The lowest BCUT2D eigenvalue weighted by Crippen LogP contribution is -2.46. The second kappa shape index (κ2) is 5.26. The van der Waals surface area contributed by atoms with Gasteiger partial charge in [-0.25, -0.2) is 0 Å². The summed E-state index contributed by atoms with van der Waals surface area (Å²) in [6, 6.07) is 0. The van der Waals surface area contributed by atoms with E-state index in [1.54, 1.807) is 4.90 Å². The molecule has 1 aliphatic carbocycles. The number of amides is 1. The number of carbonyl (C=O) groups is 2. The molecular weight excluding hydrogens is 234 g/mol. The van der Waals surface area contributed by atoms with Crippen LogP contribution < -0.4 is 0 Å². The molecule has 2 aliphatic rings. The fourth-order valence-corrected chi connectivity index (χ4v) is 3.23. The van der Waals surface area contributed by atoms with Crippen molar-refractivity contribution in [2.75, 3.05) is 13.1 Å². The largest absolute Gasteiger partial charge is 0.481 e. The van der Waals surface area contributed by atoms with Crippen molar-refractivity contribution in [1.82, 2.24) is 4.90 Å². The molecule has 1 saturated heterocycles. The zero-order chi connectivity index (χ0) is 13.3. The molecule has 1 saturated carbocycles. The smallest absolute Gasteiger partial charge is 0.307 e. The number of hydrogen-bond acceptors (Lipinski definition) is 3. The van der Waals surface area contributed by atoms with Crippen LogP contribution in [-0.4, -0.2) is 46.2 Å². The minimum atomic E-state index is -0.866. The van der Waals surface area contributed by atoms with Crippen molar-refractivity contribution in [3.8, 4) is 0 Å². The van der Waals surface area contributed by atoms with Crippen LogP contribution in [0.5, 0.6) is 0 Å². The third-order valence-corrected chi connectivity index (χ3v) is 4.14. The number of hydrogen-bond donors (Lipinski definition) is 2. The second-order valence-electron chi connectivity index (χ2n) is 5.71. The highest BCUT2D eigenvalue weighted by atomic mass is 16.4. The third kappa shape index (κ3) is 2.66. The summed E-state index contributed by atoms with van der Waals surface area (Å²) in [5.74, 6) is -1.61. The van der Waals surface area contributed by atoms with E-state index in [4.69, 9.17) is 0 Å². The molecule has 1 aliphatic heterocycles. The second-order valence-corrected chi connectivity index (χ2v) is 5.71. The van der Waals surface area contributed by atoms with Crippen molar-refractivity contribution in [2.24, 2.45) is 17.8 Å². The van der Waals surface area contributed by atoms with Crippen LogP contribution in [0.3, 0.4) is 0 Å². The Kier molecular flexibility index (Phi) is 3.90. The zero-order valence-electron chi connectivity index (χ0n) is 10.7. The van der Waals surface area contributed by atoms with Gasteiger partial charge < -0.3 is 15.1 Å². The quantitative estimate of drug-likeness (QED) is 0.762. The van der Waals surface area contributed by atoms with Crippen LogP contribution in [-0.2, 0) is 9.59 Å². The number of rotatable bonds is 2. The van der Waals surface area contributed by atoms with Gasteiger partial charge in [-0.05, 0) is 31.6 Å². The van der Waals surface area contributed by atoms with Gasteiger partial charge in [0.05, 0.1) is 17.9 Å². The Hall–Kier alpha value is -1.10. The van der Waals surface area contributed by atoms with Crippen LogP contribution in [0.15, 0.2) is 0 Å². The summed E-state index contributed by atoms with van der Waals surface area (Å²) < 4.78 is 0. The Morgan fingerprint density at radius 1 is 1.22 bits per heavy atom. The van der Waals surface area contributed by atoms with Gasteiger partial charge in [-0.1, -0.05) is 6.92 Å². The molecule has 0 aromatic carbocycles. The van der Waals surface area contributed by atoms with Gasteiger partial charge >= 0.3 is 5.97 Å². The third-order valence-electron chi connectivity index (χ3n) is 4.14. The van der Waals surface area contributed by atoms with Gasteiger partial charge in [0.25, 0.3) is 0 Å². The van der Waals surface area contributed by atoms with Gasteiger partial charge in [0, 0.05) is 13.1 Å². The lowest BCUT2D eigenvalue weighted by atomic mass is 9.93. The van der Waals surface area contributed by atoms with Crippen LogP contribution in [0.4, 0.5) is 0 Å². The lowest BCUT2D eigenvalue weighted by Gasteiger charge is -2.32. The number of β-amino-alcohol motifs (C(OH)–C–C–N with tert-alkyl or cyclic N) is 1. The molecule has 0 spiro atoms. The molecule has 18 heavy (non-hydrogen) atoms. The summed E-state index contributed by atoms with van der Waals surface area (Å²) in [5.41, 5.74) is 0. The number of nitrogens with zero attached hydrogens (tertiary/aromatic N) is 1. The molecule has 5 nitrogen and oxygen atoms in total. The molecule has 102 valence electrons. The van der Waals surface area contributed by atoms with Crippen LogP contribution in [0.1, 0.15) is 32.6 Å². The Morgan fingerprint density at radius 3 is 2.50 bits per heavy atom. The van der Waals surface area contributed by atoms with E-state index >= 15 is 0 Å². The number of aliphatic carboxylic acids is 1. The normalized spacial score (nSPS) is 36.7. The predicted octanol–water partition coefficient (Wildman–Crippen LogP) is 0.717. The molecule has 0 aromatic heterocycles. The minimum absolute atomic E-state index is 0.0782. The summed E-state index contributed by atoms with van der Waals surface area (Å²) in [7, 11) is 0. The number of carboxylic acid groups (broad SMARTS) is 1. The maximum Gasteiger partial charge on any atom is 0.307 e. The molecule has 1 amide bonds. The van der Waals surface area contributed by atoms with E-state index in [-0.39, 0.29) is 11.8 Å². The number of likely N-dealkylation sites (tertiary alicyclic amines) is 1. The molecule has 2 N–H and O–H groups in total.